The first-order valence-corrected chi connectivity index (χ1v) is 10.3. The molecule has 0 unspecified atom stereocenters. The second-order valence-electron chi connectivity index (χ2n) is 5.93. The maximum absolute atomic E-state index is 14.1. The molecular weight excluding hydrogens is 488 g/mol. The Kier molecular flexibility index (Phi) is 4.31. The highest BCUT2D eigenvalue weighted by molar-refractivity contribution is 9.10. The third kappa shape index (κ3) is 2.97. The third-order valence-electron chi connectivity index (χ3n) is 4.17. The van der Waals surface area contributed by atoms with E-state index in [1.807, 2.05) is 24.3 Å². The van der Waals surface area contributed by atoms with Gasteiger partial charge in [-0.15, -0.1) is 10.2 Å². The Morgan fingerprint density at radius 3 is 2.71 bits per heavy atom. The van der Waals surface area contributed by atoms with Crippen molar-refractivity contribution in [3.63, 3.8) is 0 Å². The van der Waals surface area contributed by atoms with Gasteiger partial charge in [-0.05, 0) is 36.4 Å². The summed E-state index contributed by atoms with van der Waals surface area (Å²) in [6.45, 7) is 0. The lowest BCUT2D eigenvalue weighted by molar-refractivity contribution is 0.628. The monoisotopic (exact) mass is 493 g/mol. The number of hydrogen-bond acceptors (Lipinski definition) is 5. The molecule has 5 rings (SSSR count). The molecule has 0 amide bonds. The van der Waals surface area contributed by atoms with E-state index in [1.165, 1.54) is 23.5 Å². The topological polar surface area (TPSA) is 56.0 Å². The van der Waals surface area contributed by atoms with Crippen LogP contribution in [0.4, 0.5) is 4.39 Å². The molecule has 3 heterocycles. The summed E-state index contributed by atoms with van der Waals surface area (Å²) in [6.07, 6.45) is 1.54. The molecule has 0 aliphatic heterocycles. The van der Waals surface area contributed by atoms with Gasteiger partial charge in [0, 0.05) is 21.0 Å². The fourth-order valence-electron chi connectivity index (χ4n) is 2.90. The van der Waals surface area contributed by atoms with Crippen molar-refractivity contribution in [3.05, 3.63) is 63.1 Å². The smallest absolute Gasteiger partial charge is 0.234 e. The second-order valence-corrected chi connectivity index (χ2v) is 8.61. The van der Waals surface area contributed by atoms with Crippen LogP contribution in [0.3, 0.4) is 0 Å². The number of halogens is 4. The van der Waals surface area contributed by atoms with Gasteiger partial charge in [0.05, 0.1) is 21.3 Å². The average Bonchev–Trinajstić information content (AvgIpc) is 3.26. The van der Waals surface area contributed by atoms with E-state index in [9.17, 15) is 4.39 Å². The Bertz CT molecular complexity index is 1360. The molecular formula is C18H7BrCl2FN5S. The first-order chi connectivity index (χ1) is 13.5. The van der Waals surface area contributed by atoms with E-state index in [0.29, 0.717) is 21.2 Å². The van der Waals surface area contributed by atoms with Crippen LogP contribution in [0, 0.1) is 5.82 Å². The highest BCUT2D eigenvalue weighted by Gasteiger charge is 2.17. The minimum Gasteiger partial charge on any atom is -0.248 e. The molecule has 0 saturated heterocycles. The first kappa shape index (κ1) is 17.9. The highest BCUT2D eigenvalue weighted by atomic mass is 79.9. The van der Waals surface area contributed by atoms with Crippen molar-refractivity contribution in [2.45, 2.75) is 0 Å². The zero-order valence-electron chi connectivity index (χ0n) is 13.7. The maximum Gasteiger partial charge on any atom is 0.234 e. The lowest BCUT2D eigenvalue weighted by Crippen LogP contribution is -1.92. The molecule has 0 aliphatic carbocycles. The number of aromatic nitrogens is 5. The van der Waals surface area contributed by atoms with Crippen LogP contribution < -0.4 is 0 Å². The normalized spacial score (nSPS) is 11.6. The van der Waals surface area contributed by atoms with Crippen molar-refractivity contribution in [3.8, 4) is 21.8 Å². The summed E-state index contributed by atoms with van der Waals surface area (Å²) in [6, 6.07) is 10.3. The second kappa shape index (κ2) is 6.73. The van der Waals surface area contributed by atoms with Gasteiger partial charge in [-0.2, -0.15) is 9.61 Å². The Morgan fingerprint density at radius 1 is 1.04 bits per heavy atom. The van der Waals surface area contributed by atoms with Crippen LogP contribution in [0.25, 0.3) is 37.7 Å². The largest absolute Gasteiger partial charge is 0.248 e. The molecule has 5 nitrogen and oxygen atoms in total. The molecule has 0 aliphatic rings. The predicted octanol–water partition coefficient (Wildman–Crippen LogP) is 6.28. The minimum atomic E-state index is -0.556. The van der Waals surface area contributed by atoms with E-state index in [2.05, 4.69) is 36.2 Å². The molecule has 0 N–H and O–H groups in total. The van der Waals surface area contributed by atoms with Gasteiger partial charge in [-0.3, -0.25) is 0 Å². The van der Waals surface area contributed by atoms with E-state index in [0.717, 1.165) is 25.9 Å². The van der Waals surface area contributed by atoms with Crippen LogP contribution in [0.1, 0.15) is 0 Å². The van der Waals surface area contributed by atoms with Gasteiger partial charge in [0.2, 0.25) is 4.96 Å². The summed E-state index contributed by atoms with van der Waals surface area (Å²) in [4.78, 5) is 5.35. The molecule has 0 saturated carbocycles. The predicted molar refractivity (Wildman–Crippen MR) is 113 cm³/mol. The van der Waals surface area contributed by atoms with E-state index in [4.69, 9.17) is 23.2 Å². The number of hydrogen-bond donors (Lipinski definition) is 0. The van der Waals surface area contributed by atoms with Crippen LogP contribution in [-0.2, 0) is 0 Å². The van der Waals surface area contributed by atoms with Crippen molar-refractivity contribution < 1.29 is 4.39 Å². The van der Waals surface area contributed by atoms with Gasteiger partial charge >= 0.3 is 0 Å². The summed E-state index contributed by atoms with van der Waals surface area (Å²) in [5.41, 5.74) is 2.55. The van der Waals surface area contributed by atoms with E-state index < -0.39 is 5.82 Å². The molecule has 0 atom stereocenters. The minimum absolute atomic E-state index is 0.0349. The van der Waals surface area contributed by atoms with Gasteiger partial charge in [-0.25, -0.2) is 9.37 Å². The zero-order chi connectivity index (χ0) is 19.4. The fraction of sp³-hybridized carbons (Fsp3) is 0. The maximum atomic E-state index is 14.1. The molecule has 3 aromatic heterocycles. The Hall–Kier alpha value is -2.13. The van der Waals surface area contributed by atoms with Crippen molar-refractivity contribution in [2.75, 3.05) is 0 Å². The Balaban J connectivity index is 1.82. The third-order valence-corrected chi connectivity index (χ3v) is 6.22. The lowest BCUT2D eigenvalue weighted by Gasteiger charge is -2.10. The van der Waals surface area contributed by atoms with Crippen LogP contribution in [0.2, 0.25) is 10.0 Å². The summed E-state index contributed by atoms with van der Waals surface area (Å²) >= 11 is 17.1. The lowest BCUT2D eigenvalue weighted by atomic mass is 10.0. The number of fused-ring (bicyclic) bond motifs is 2. The average molecular weight is 495 g/mol. The van der Waals surface area contributed by atoms with Crippen LogP contribution in [0.5, 0.6) is 0 Å². The Labute approximate surface area is 179 Å². The van der Waals surface area contributed by atoms with Crippen LogP contribution in [0.15, 0.2) is 47.2 Å². The first-order valence-electron chi connectivity index (χ1n) is 7.92. The van der Waals surface area contributed by atoms with Crippen molar-refractivity contribution in [2.24, 2.45) is 0 Å². The summed E-state index contributed by atoms with van der Waals surface area (Å²) in [5.74, 6) is -0.556. The summed E-state index contributed by atoms with van der Waals surface area (Å²) in [7, 11) is 0. The van der Waals surface area contributed by atoms with E-state index in [-0.39, 0.29) is 5.02 Å². The fourth-order valence-corrected chi connectivity index (χ4v) is 4.59. The summed E-state index contributed by atoms with van der Waals surface area (Å²) < 4.78 is 16.6. The SMILES string of the molecule is Fc1cc(-c2cc(-c3nn4cnnc4s3)c3cc(Br)ccc3n2)c(Cl)cc1Cl. The molecule has 2 aromatic carbocycles. The molecule has 138 valence electrons. The standard InChI is InChI=1S/C18H7BrCl2FN5S/c19-8-1-2-15-9(3-8)10(17-26-27-7-23-25-18(27)28-17)5-16(24-15)11-4-14(22)13(21)6-12(11)20/h1-7H. The number of nitrogens with zero attached hydrogens (tertiary/aromatic N) is 5. The van der Waals surface area contributed by atoms with Crippen molar-refractivity contribution in [1.82, 2.24) is 24.8 Å². The molecule has 5 aromatic rings. The van der Waals surface area contributed by atoms with Crippen molar-refractivity contribution >= 4 is 66.3 Å². The number of rotatable bonds is 2. The molecule has 0 radical (unpaired) electrons. The van der Waals surface area contributed by atoms with Gasteiger partial charge in [0.1, 0.15) is 17.2 Å². The number of benzene rings is 2. The molecule has 28 heavy (non-hydrogen) atoms. The van der Waals surface area contributed by atoms with Crippen LogP contribution >= 0.6 is 50.5 Å². The quantitative estimate of drug-likeness (QED) is 0.271. The molecule has 0 fully saturated rings. The van der Waals surface area contributed by atoms with E-state index in [1.54, 1.807) is 10.8 Å². The van der Waals surface area contributed by atoms with Crippen molar-refractivity contribution in [1.29, 1.82) is 0 Å². The summed E-state index contributed by atoms with van der Waals surface area (Å²) in [5, 5.41) is 14.3. The highest BCUT2D eigenvalue weighted by Crippen LogP contribution is 2.38. The molecule has 0 bridgehead atoms. The molecule has 10 heteroatoms. The van der Waals surface area contributed by atoms with Crippen LogP contribution in [-0.4, -0.2) is 24.8 Å². The van der Waals surface area contributed by atoms with Gasteiger partial charge < -0.3 is 0 Å². The molecule has 0 spiro atoms. The van der Waals surface area contributed by atoms with E-state index >= 15 is 0 Å². The van der Waals surface area contributed by atoms with Gasteiger partial charge in [0.25, 0.3) is 0 Å². The Morgan fingerprint density at radius 2 is 1.89 bits per heavy atom. The zero-order valence-corrected chi connectivity index (χ0v) is 17.6. The number of pyridine rings is 1. The van der Waals surface area contributed by atoms with Gasteiger partial charge in [-0.1, -0.05) is 50.5 Å². The van der Waals surface area contributed by atoms with Gasteiger partial charge in [0.15, 0.2) is 0 Å².